The van der Waals surface area contributed by atoms with Crippen molar-refractivity contribution in [1.82, 2.24) is 0 Å². The van der Waals surface area contributed by atoms with E-state index in [-0.39, 0.29) is 0 Å². The Labute approximate surface area is 90.6 Å². The predicted molar refractivity (Wildman–Crippen MR) is 64.2 cm³/mol. The van der Waals surface area contributed by atoms with Crippen LogP contribution in [0.1, 0.15) is 45.4 Å². The quantitative estimate of drug-likeness (QED) is 0.443. The predicted octanol–water partition coefficient (Wildman–Crippen LogP) is 5.13. The van der Waals surface area contributed by atoms with Crippen molar-refractivity contribution in [2.24, 2.45) is 0 Å². The maximum atomic E-state index is 5.76. The van der Waals surface area contributed by atoms with E-state index in [1.54, 1.807) is 0 Å². The summed E-state index contributed by atoms with van der Waals surface area (Å²) in [6.07, 6.45) is 8.46. The SMILES string of the molecule is CCCCCCCCP(=S)(Cl)Cl. The van der Waals surface area contributed by atoms with Gasteiger partial charge in [0.1, 0.15) is 4.74 Å². The second kappa shape index (κ2) is 7.62. The second-order valence-corrected chi connectivity index (χ2v) is 11.7. The van der Waals surface area contributed by atoms with Gasteiger partial charge in [-0.15, -0.1) is 0 Å². The lowest BCUT2D eigenvalue weighted by atomic mass is 10.1. The van der Waals surface area contributed by atoms with E-state index in [0.29, 0.717) is 0 Å². The van der Waals surface area contributed by atoms with Gasteiger partial charge in [-0.1, -0.05) is 73.3 Å². The van der Waals surface area contributed by atoms with Gasteiger partial charge in [0, 0.05) is 6.16 Å². The fourth-order valence-electron chi connectivity index (χ4n) is 1.08. The highest BCUT2D eigenvalue weighted by Crippen LogP contribution is 2.57. The van der Waals surface area contributed by atoms with Gasteiger partial charge in [-0.25, -0.2) is 0 Å². The standard InChI is InChI=1S/C8H17Cl2PS/c1-2-3-4-5-6-7-8-11(9,10)12/h2-8H2,1H3. The fourth-order valence-corrected chi connectivity index (χ4v) is 2.77. The normalized spacial score (nSPS) is 11.9. The lowest BCUT2D eigenvalue weighted by Gasteiger charge is -2.04. The Bertz CT molecular complexity index is 144. The van der Waals surface area contributed by atoms with Crippen LogP contribution in [0.15, 0.2) is 0 Å². The van der Waals surface area contributed by atoms with Gasteiger partial charge in [-0.3, -0.25) is 0 Å². The zero-order valence-electron chi connectivity index (χ0n) is 7.56. The summed E-state index contributed by atoms with van der Waals surface area (Å²) in [5.74, 6) is 0. The van der Waals surface area contributed by atoms with Gasteiger partial charge < -0.3 is 0 Å². The molecule has 0 unspecified atom stereocenters. The Hall–Kier alpha value is 1.23. The Kier molecular flexibility index (Phi) is 8.40. The summed E-state index contributed by atoms with van der Waals surface area (Å²) in [4.78, 5) is 0. The molecule has 0 aromatic heterocycles. The topological polar surface area (TPSA) is 0 Å². The van der Waals surface area contributed by atoms with Crippen molar-refractivity contribution >= 4 is 39.0 Å². The first-order chi connectivity index (χ1) is 5.56. The van der Waals surface area contributed by atoms with E-state index >= 15 is 0 Å². The second-order valence-electron chi connectivity index (χ2n) is 3.06. The van der Waals surface area contributed by atoms with Crippen LogP contribution in [0.5, 0.6) is 0 Å². The average Bonchev–Trinajstić information content (AvgIpc) is 1.94. The molecule has 0 fully saturated rings. The van der Waals surface area contributed by atoms with E-state index in [0.717, 1.165) is 12.6 Å². The van der Waals surface area contributed by atoms with Gasteiger partial charge in [0.2, 0.25) is 0 Å². The fraction of sp³-hybridized carbons (Fsp3) is 1.00. The van der Waals surface area contributed by atoms with Gasteiger partial charge in [0.15, 0.2) is 0 Å². The lowest BCUT2D eigenvalue weighted by Crippen LogP contribution is -1.81. The van der Waals surface area contributed by atoms with E-state index in [9.17, 15) is 0 Å². The van der Waals surface area contributed by atoms with Crippen molar-refractivity contribution in [3.05, 3.63) is 0 Å². The number of halogens is 2. The molecule has 0 aromatic carbocycles. The summed E-state index contributed by atoms with van der Waals surface area (Å²) in [7, 11) is 0. The average molecular weight is 247 g/mol. The third-order valence-corrected chi connectivity index (χ3v) is 4.17. The van der Waals surface area contributed by atoms with Crippen LogP contribution >= 0.6 is 27.2 Å². The summed E-state index contributed by atoms with van der Waals surface area (Å²) < 4.78 is -1.94. The molecule has 0 nitrogen and oxygen atoms in total. The molecule has 0 saturated carbocycles. The van der Waals surface area contributed by atoms with Crippen molar-refractivity contribution in [3.63, 3.8) is 0 Å². The van der Waals surface area contributed by atoms with Crippen LogP contribution in [0.4, 0.5) is 0 Å². The Balaban J connectivity index is 3.06. The van der Waals surface area contributed by atoms with Crippen LogP contribution in [0.2, 0.25) is 0 Å². The summed E-state index contributed by atoms with van der Waals surface area (Å²) in [5.41, 5.74) is 0. The molecular formula is C8H17Cl2PS. The molecule has 0 aliphatic rings. The largest absolute Gasteiger partial charge is 0.120 e. The highest BCUT2D eigenvalue weighted by Gasteiger charge is 2.06. The van der Waals surface area contributed by atoms with Gasteiger partial charge in [-0.2, -0.15) is 0 Å². The zero-order valence-corrected chi connectivity index (χ0v) is 10.8. The maximum Gasteiger partial charge on any atom is 0.120 e. The molecule has 0 N–H and O–H groups in total. The molecule has 0 saturated heterocycles. The van der Waals surface area contributed by atoms with Crippen LogP contribution in [0, 0.1) is 0 Å². The van der Waals surface area contributed by atoms with Crippen LogP contribution in [0.3, 0.4) is 0 Å². The van der Waals surface area contributed by atoms with E-state index in [1.165, 1.54) is 32.1 Å². The van der Waals surface area contributed by atoms with Crippen molar-refractivity contribution in [1.29, 1.82) is 0 Å². The lowest BCUT2D eigenvalue weighted by molar-refractivity contribution is 0.626. The first-order valence-electron chi connectivity index (χ1n) is 4.54. The highest BCUT2D eigenvalue weighted by atomic mass is 35.9. The monoisotopic (exact) mass is 246 g/mol. The third-order valence-electron chi connectivity index (χ3n) is 1.77. The minimum absolute atomic E-state index is 0.845. The molecule has 0 atom stereocenters. The molecule has 4 heteroatoms. The van der Waals surface area contributed by atoms with E-state index in [4.69, 9.17) is 34.3 Å². The number of hydrogen-bond donors (Lipinski definition) is 0. The van der Waals surface area contributed by atoms with Crippen molar-refractivity contribution < 1.29 is 0 Å². The van der Waals surface area contributed by atoms with E-state index in [2.05, 4.69) is 6.92 Å². The van der Waals surface area contributed by atoms with E-state index < -0.39 is 4.74 Å². The number of rotatable bonds is 7. The Morgan fingerprint density at radius 3 is 2.00 bits per heavy atom. The molecule has 74 valence electrons. The smallest absolute Gasteiger partial charge is 0.0684 e. The molecule has 12 heavy (non-hydrogen) atoms. The summed E-state index contributed by atoms with van der Waals surface area (Å²) in [6.45, 7) is 2.22. The molecule has 0 spiro atoms. The van der Waals surface area contributed by atoms with Crippen LogP contribution < -0.4 is 0 Å². The zero-order chi connectivity index (χ0) is 9.45. The molecule has 0 amide bonds. The van der Waals surface area contributed by atoms with Gasteiger partial charge >= 0.3 is 0 Å². The van der Waals surface area contributed by atoms with Gasteiger partial charge in [0.05, 0.1) is 0 Å². The summed E-state index contributed by atoms with van der Waals surface area (Å²) in [5, 5.41) is 0. The van der Waals surface area contributed by atoms with Crippen LogP contribution in [0.25, 0.3) is 0 Å². The highest BCUT2D eigenvalue weighted by molar-refractivity contribution is 8.39. The first kappa shape index (κ1) is 13.2. The maximum absolute atomic E-state index is 5.76. The Morgan fingerprint density at radius 2 is 1.50 bits per heavy atom. The minimum Gasteiger partial charge on any atom is -0.0684 e. The minimum atomic E-state index is -1.94. The molecule has 0 aromatic rings. The molecule has 0 aliphatic heterocycles. The number of unbranched alkanes of at least 4 members (excludes halogenated alkanes) is 5. The van der Waals surface area contributed by atoms with Crippen molar-refractivity contribution in [3.8, 4) is 0 Å². The van der Waals surface area contributed by atoms with E-state index in [1.807, 2.05) is 0 Å². The van der Waals surface area contributed by atoms with Gasteiger partial charge in [0.25, 0.3) is 0 Å². The Morgan fingerprint density at radius 1 is 1.00 bits per heavy atom. The number of hydrogen-bond acceptors (Lipinski definition) is 1. The molecule has 0 heterocycles. The van der Waals surface area contributed by atoms with Crippen LogP contribution in [-0.2, 0) is 11.8 Å². The molecule has 0 radical (unpaired) electrons. The third kappa shape index (κ3) is 11.2. The molecule has 0 bridgehead atoms. The van der Waals surface area contributed by atoms with Crippen LogP contribution in [-0.4, -0.2) is 6.16 Å². The first-order valence-corrected chi connectivity index (χ1v) is 9.34. The summed E-state index contributed by atoms with van der Waals surface area (Å²) >= 11 is 16.5. The summed E-state index contributed by atoms with van der Waals surface area (Å²) in [6, 6.07) is 0. The molecule has 0 rings (SSSR count). The molecule has 0 aliphatic carbocycles. The van der Waals surface area contributed by atoms with Crippen molar-refractivity contribution in [2.45, 2.75) is 45.4 Å². The molecular weight excluding hydrogens is 230 g/mol. The van der Waals surface area contributed by atoms with Gasteiger partial charge in [-0.05, 0) is 6.42 Å². The van der Waals surface area contributed by atoms with Crippen molar-refractivity contribution in [2.75, 3.05) is 6.16 Å².